The number of hydrogen-bond acceptors (Lipinski definition) is 9. The number of rotatable bonds is 7. The van der Waals surface area contributed by atoms with E-state index >= 15 is 0 Å². The Morgan fingerprint density at radius 2 is 2.03 bits per heavy atom. The number of carboxylic acid groups (broad SMARTS) is 1. The lowest BCUT2D eigenvalue weighted by Gasteiger charge is -2.38. The van der Waals surface area contributed by atoms with Crippen LogP contribution in [0.15, 0.2) is 29.2 Å². The number of sulfonamides is 1. The van der Waals surface area contributed by atoms with Gasteiger partial charge in [0.25, 0.3) is 5.91 Å². The number of carbonyl (C=O) groups excluding carboxylic acids is 1. The standard InChI is InChI=1S/C15H19N7O7S/c23-14(19-26)13-11(16-15(24)25)2-1-7-22(13)30(27,28)10-5-3-9(4-6-10)29-8-12-17-20-21-18-12/h3-6,11,13,16,26H,1-2,7-8H2,(H,19,23)(H,24,25)(H,17,18,20,21). The van der Waals surface area contributed by atoms with Gasteiger partial charge in [0.2, 0.25) is 15.8 Å². The maximum absolute atomic E-state index is 13.1. The molecule has 14 nitrogen and oxygen atoms in total. The van der Waals surface area contributed by atoms with Crippen LogP contribution < -0.4 is 15.5 Å². The van der Waals surface area contributed by atoms with Crippen molar-refractivity contribution in [2.24, 2.45) is 0 Å². The average Bonchev–Trinajstić information content (AvgIpc) is 3.25. The van der Waals surface area contributed by atoms with Crippen LogP contribution in [0.5, 0.6) is 5.75 Å². The van der Waals surface area contributed by atoms with E-state index in [1.54, 1.807) is 0 Å². The number of carbonyl (C=O) groups is 2. The Morgan fingerprint density at radius 1 is 1.30 bits per heavy atom. The van der Waals surface area contributed by atoms with Crippen LogP contribution in [0.2, 0.25) is 0 Å². The van der Waals surface area contributed by atoms with Gasteiger partial charge in [-0.15, -0.1) is 10.2 Å². The smallest absolute Gasteiger partial charge is 0.404 e. The summed E-state index contributed by atoms with van der Waals surface area (Å²) in [6.07, 6.45) is -0.844. The number of benzene rings is 1. The van der Waals surface area contributed by atoms with Gasteiger partial charge in [-0.1, -0.05) is 5.21 Å². The number of ether oxygens (including phenoxy) is 1. The summed E-state index contributed by atoms with van der Waals surface area (Å²) in [5.41, 5.74) is 1.41. The average molecular weight is 441 g/mol. The third-order valence-corrected chi connectivity index (χ3v) is 6.36. The number of hydrogen-bond donors (Lipinski definition) is 5. The van der Waals surface area contributed by atoms with Crippen molar-refractivity contribution in [1.29, 1.82) is 0 Å². The molecule has 2 unspecified atom stereocenters. The second kappa shape index (κ2) is 9.02. The van der Waals surface area contributed by atoms with Crippen LogP contribution in [-0.4, -0.2) is 74.3 Å². The van der Waals surface area contributed by atoms with E-state index in [0.29, 0.717) is 18.0 Å². The number of aromatic nitrogens is 4. The zero-order chi connectivity index (χ0) is 21.7. The molecule has 1 aromatic heterocycles. The molecular weight excluding hydrogens is 422 g/mol. The number of nitrogens with one attached hydrogen (secondary N) is 3. The summed E-state index contributed by atoms with van der Waals surface area (Å²) in [4.78, 5) is 23.1. The predicted molar refractivity (Wildman–Crippen MR) is 96.7 cm³/mol. The molecule has 1 aliphatic heterocycles. The van der Waals surface area contributed by atoms with Crippen molar-refractivity contribution in [2.45, 2.75) is 36.4 Å². The van der Waals surface area contributed by atoms with Crippen molar-refractivity contribution >= 4 is 22.0 Å². The molecule has 2 aromatic rings. The topological polar surface area (TPSA) is 200 Å². The molecule has 0 aliphatic carbocycles. The van der Waals surface area contributed by atoms with E-state index in [9.17, 15) is 18.0 Å². The Morgan fingerprint density at radius 3 is 2.63 bits per heavy atom. The number of H-pyrrole nitrogens is 1. The molecular formula is C15H19N7O7S. The van der Waals surface area contributed by atoms with E-state index in [4.69, 9.17) is 15.1 Å². The lowest BCUT2D eigenvalue weighted by Crippen LogP contribution is -2.62. The number of amides is 2. The van der Waals surface area contributed by atoms with Gasteiger partial charge in [-0.05, 0) is 37.1 Å². The number of tetrazole rings is 1. The van der Waals surface area contributed by atoms with Crippen LogP contribution in [0.1, 0.15) is 18.7 Å². The van der Waals surface area contributed by atoms with Crippen LogP contribution in [-0.2, 0) is 21.4 Å². The minimum Gasteiger partial charge on any atom is -0.485 e. The van der Waals surface area contributed by atoms with Gasteiger partial charge in [0.05, 0.1) is 10.9 Å². The molecule has 5 N–H and O–H groups in total. The molecule has 2 amide bonds. The lowest BCUT2D eigenvalue weighted by atomic mass is 9.98. The first-order chi connectivity index (χ1) is 14.3. The summed E-state index contributed by atoms with van der Waals surface area (Å²) < 4.78 is 32.6. The Labute approximate surface area is 170 Å². The van der Waals surface area contributed by atoms with Gasteiger partial charge < -0.3 is 15.2 Å². The number of nitrogens with zero attached hydrogens (tertiary/aromatic N) is 4. The van der Waals surface area contributed by atoms with Crippen LogP contribution in [0.4, 0.5) is 4.79 Å². The Bertz CT molecular complexity index is 981. The molecule has 2 heterocycles. The van der Waals surface area contributed by atoms with Crippen LogP contribution in [0.25, 0.3) is 0 Å². The maximum Gasteiger partial charge on any atom is 0.404 e. The Hall–Kier alpha value is -3.30. The zero-order valence-corrected chi connectivity index (χ0v) is 16.2. The molecule has 3 rings (SSSR count). The molecule has 30 heavy (non-hydrogen) atoms. The highest BCUT2D eigenvalue weighted by atomic mass is 32.2. The van der Waals surface area contributed by atoms with Crippen molar-refractivity contribution in [3.05, 3.63) is 30.1 Å². The van der Waals surface area contributed by atoms with Crippen molar-refractivity contribution in [2.75, 3.05) is 6.54 Å². The number of piperidine rings is 1. The molecule has 0 spiro atoms. The summed E-state index contributed by atoms with van der Waals surface area (Å²) >= 11 is 0. The SMILES string of the molecule is O=C(O)NC1CCCN(S(=O)(=O)c2ccc(OCc3nn[nH]n3)cc2)C1C(=O)NO. The van der Waals surface area contributed by atoms with E-state index in [1.165, 1.54) is 29.7 Å². The molecule has 1 saturated heterocycles. The first-order valence-electron chi connectivity index (χ1n) is 8.73. The Balaban J connectivity index is 1.81. The van der Waals surface area contributed by atoms with Crippen molar-refractivity contribution in [1.82, 2.24) is 35.7 Å². The molecule has 1 aromatic carbocycles. The monoisotopic (exact) mass is 441 g/mol. The second-order valence-electron chi connectivity index (χ2n) is 6.32. The van der Waals surface area contributed by atoms with E-state index in [0.717, 1.165) is 4.31 Å². The predicted octanol–water partition coefficient (Wildman–Crippen LogP) is -0.927. The summed E-state index contributed by atoms with van der Waals surface area (Å²) in [7, 11) is -4.18. The first kappa shape index (κ1) is 21.4. The Kier molecular flexibility index (Phi) is 6.43. The normalized spacial score (nSPS) is 19.8. The summed E-state index contributed by atoms with van der Waals surface area (Å²) in [5.74, 6) is -0.362. The third-order valence-electron chi connectivity index (χ3n) is 4.46. The summed E-state index contributed by atoms with van der Waals surface area (Å²) in [5, 5.41) is 33.3. The number of hydroxylamine groups is 1. The zero-order valence-electron chi connectivity index (χ0n) is 15.4. The highest BCUT2D eigenvalue weighted by molar-refractivity contribution is 7.89. The van der Waals surface area contributed by atoms with Gasteiger partial charge >= 0.3 is 6.09 Å². The summed E-state index contributed by atoms with van der Waals surface area (Å²) in [6.45, 7) is 0.00427. The fourth-order valence-corrected chi connectivity index (χ4v) is 4.82. The van der Waals surface area contributed by atoms with Crippen LogP contribution in [0.3, 0.4) is 0 Å². The van der Waals surface area contributed by atoms with E-state index < -0.39 is 34.1 Å². The lowest BCUT2D eigenvalue weighted by molar-refractivity contribution is -0.134. The van der Waals surface area contributed by atoms with Gasteiger partial charge in [0.15, 0.2) is 6.61 Å². The van der Waals surface area contributed by atoms with E-state index in [1.807, 2.05) is 0 Å². The van der Waals surface area contributed by atoms with Crippen molar-refractivity contribution in [3.8, 4) is 5.75 Å². The minimum atomic E-state index is -4.18. The van der Waals surface area contributed by atoms with Gasteiger partial charge in [-0.3, -0.25) is 10.0 Å². The molecule has 162 valence electrons. The van der Waals surface area contributed by atoms with Gasteiger partial charge in [0, 0.05) is 6.54 Å². The fraction of sp³-hybridized carbons (Fsp3) is 0.400. The minimum absolute atomic E-state index is 0.0195. The first-order valence-corrected chi connectivity index (χ1v) is 10.2. The third kappa shape index (κ3) is 4.64. The molecule has 15 heteroatoms. The molecule has 1 aliphatic rings. The van der Waals surface area contributed by atoms with Crippen molar-refractivity contribution < 1.29 is 33.1 Å². The van der Waals surface area contributed by atoms with Crippen molar-refractivity contribution in [3.63, 3.8) is 0 Å². The number of aromatic amines is 1. The molecule has 0 saturated carbocycles. The second-order valence-corrected chi connectivity index (χ2v) is 8.21. The van der Waals surface area contributed by atoms with E-state index in [2.05, 4.69) is 25.9 Å². The molecule has 2 atom stereocenters. The van der Waals surface area contributed by atoms with Gasteiger partial charge in [0.1, 0.15) is 11.8 Å². The highest BCUT2D eigenvalue weighted by Gasteiger charge is 2.44. The van der Waals surface area contributed by atoms with E-state index in [-0.39, 0.29) is 24.5 Å². The van der Waals surface area contributed by atoms with Gasteiger partial charge in [-0.25, -0.2) is 18.7 Å². The molecule has 0 radical (unpaired) electrons. The van der Waals surface area contributed by atoms with Crippen LogP contribution in [0, 0.1) is 0 Å². The van der Waals surface area contributed by atoms with Gasteiger partial charge in [-0.2, -0.15) is 9.52 Å². The quantitative estimate of drug-likeness (QED) is 0.264. The molecule has 1 fully saturated rings. The molecule has 0 bridgehead atoms. The maximum atomic E-state index is 13.1. The largest absolute Gasteiger partial charge is 0.485 e. The highest BCUT2D eigenvalue weighted by Crippen LogP contribution is 2.27. The summed E-state index contributed by atoms with van der Waals surface area (Å²) in [6, 6.07) is 2.97. The fourth-order valence-electron chi connectivity index (χ4n) is 3.16. The van der Waals surface area contributed by atoms with Crippen LogP contribution >= 0.6 is 0 Å².